The normalized spacial score (nSPS) is 10.9. The maximum Gasteiger partial charge on any atom is 0.299 e. The second-order valence-corrected chi connectivity index (χ2v) is 6.18. The van der Waals surface area contributed by atoms with Crippen LogP contribution in [0.3, 0.4) is 0 Å². The van der Waals surface area contributed by atoms with Gasteiger partial charge in [0.1, 0.15) is 5.01 Å². The van der Waals surface area contributed by atoms with Crippen molar-refractivity contribution in [2.24, 2.45) is 0 Å². The van der Waals surface area contributed by atoms with Gasteiger partial charge in [0, 0.05) is 26.3 Å². The fourth-order valence-electron chi connectivity index (χ4n) is 1.40. The Bertz CT molecular complexity index is 609. The molecule has 0 amide bonds. The zero-order chi connectivity index (χ0) is 15.2. The summed E-state index contributed by atoms with van der Waals surface area (Å²) in [7, 11) is 1.65. The van der Waals surface area contributed by atoms with Crippen molar-refractivity contribution in [3.63, 3.8) is 0 Å². The monoisotopic (exact) mass is 367 g/mol. The maximum absolute atomic E-state index is 6.04. The lowest BCUT2D eigenvalue weighted by Crippen LogP contribution is -2.18. The minimum atomic E-state index is 0.361. The molecule has 0 unspecified atom stereocenters. The third-order valence-corrected chi connectivity index (χ3v) is 4.20. The quantitative estimate of drug-likeness (QED) is 0.591. The fourth-order valence-corrected chi connectivity index (χ4v) is 2.64. The molecule has 9 heteroatoms. The molecule has 2 aromatic rings. The van der Waals surface area contributed by atoms with E-state index in [1.165, 1.54) is 17.4 Å². The molecule has 0 radical (unpaired) electrons. The standard InChI is InChI=1S/C12H12Cl3N3O2S/c1-19-3-2-16-6-11-17-18-12(21-11)20-10-5-8(14)7(13)4-9(10)15/h4-5,16H,2-3,6H2,1H3. The number of rotatable bonds is 7. The van der Waals surface area contributed by atoms with E-state index < -0.39 is 0 Å². The number of aromatic nitrogens is 2. The molecule has 0 bridgehead atoms. The highest BCUT2D eigenvalue weighted by molar-refractivity contribution is 7.13. The Morgan fingerprint density at radius 3 is 2.67 bits per heavy atom. The molecule has 0 saturated heterocycles. The first-order valence-corrected chi connectivity index (χ1v) is 7.89. The highest BCUT2D eigenvalue weighted by atomic mass is 35.5. The number of hydrogen-bond acceptors (Lipinski definition) is 6. The Labute approximate surface area is 141 Å². The third-order valence-electron chi connectivity index (χ3n) is 2.38. The molecule has 0 fully saturated rings. The highest BCUT2D eigenvalue weighted by Crippen LogP contribution is 2.36. The third kappa shape index (κ3) is 4.95. The summed E-state index contributed by atoms with van der Waals surface area (Å²) in [5, 5.41) is 13.4. The number of nitrogens with zero attached hydrogens (tertiary/aromatic N) is 2. The van der Waals surface area contributed by atoms with Gasteiger partial charge in [0.2, 0.25) is 0 Å². The van der Waals surface area contributed by atoms with Crippen molar-refractivity contribution in [3.05, 3.63) is 32.2 Å². The Kier molecular flexibility index (Phi) is 6.47. The molecule has 0 atom stereocenters. The molecule has 0 aliphatic carbocycles. The summed E-state index contributed by atoms with van der Waals surface area (Å²) in [6, 6.07) is 3.07. The van der Waals surface area contributed by atoms with Gasteiger partial charge in [-0.3, -0.25) is 0 Å². The Morgan fingerprint density at radius 1 is 1.14 bits per heavy atom. The zero-order valence-corrected chi connectivity index (χ0v) is 14.1. The molecule has 0 aliphatic rings. The van der Waals surface area contributed by atoms with Crippen LogP contribution in [0.1, 0.15) is 5.01 Å². The summed E-state index contributed by atoms with van der Waals surface area (Å²) in [6.45, 7) is 1.98. The van der Waals surface area contributed by atoms with Crippen LogP contribution in [0.4, 0.5) is 0 Å². The van der Waals surface area contributed by atoms with E-state index in [9.17, 15) is 0 Å². The summed E-state index contributed by atoms with van der Waals surface area (Å²) in [5.74, 6) is 0.390. The first-order chi connectivity index (χ1) is 10.1. The highest BCUT2D eigenvalue weighted by Gasteiger charge is 2.11. The van der Waals surface area contributed by atoms with Gasteiger partial charge >= 0.3 is 0 Å². The molecule has 0 saturated carbocycles. The fraction of sp³-hybridized carbons (Fsp3) is 0.333. The van der Waals surface area contributed by atoms with E-state index in [1.807, 2.05) is 0 Å². The van der Waals surface area contributed by atoms with Gasteiger partial charge in [-0.15, -0.1) is 5.10 Å². The van der Waals surface area contributed by atoms with E-state index in [-0.39, 0.29) is 0 Å². The first-order valence-electron chi connectivity index (χ1n) is 5.94. The van der Waals surface area contributed by atoms with E-state index in [0.29, 0.717) is 39.2 Å². The van der Waals surface area contributed by atoms with E-state index in [2.05, 4.69) is 15.5 Å². The molecular formula is C12H12Cl3N3O2S. The van der Waals surface area contributed by atoms with Gasteiger partial charge in [-0.25, -0.2) is 0 Å². The maximum atomic E-state index is 6.04. The number of halogens is 3. The van der Waals surface area contributed by atoms with Crippen LogP contribution in [0.15, 0.2) is 12.1 Å². The molecule has 1 N–H and O–H groups in total. The molecule has 114 valence electrons. The summed E-state index contributed by atoms with van der Waals surface area (Å²) >= 11 is 19.2. The molecule has 0 aliphatic heterocycles. The molecule has 0 spiro atoms. The van der Waals surface area contributed by atoms with Gasteiger partial charge in [0.05, 0.1) is 21.7 Å². The summed E-state index contributed by atoms with van der Waals surface area (Å²) < 4.78 is 10.5. The summed E-state index contributed by atoms with van der Waals surface area (Å²) in [6.07, 6.45) is 0. The van der Waals surface area contributed by atoms with Crippen molar-refractivity contribution >= 4 is 46.1 Å². The first kappa shape index (κ1) is 16.7. The van der Waals surface area contributed by atoms with Crippen molar-refractivity contribution < 1.29 is 9.47 Å². The van der Waals surface area contributed by atoms with Gasteiger partial charge in [0.15, 0.2) is 5.75 Å². The topological polar surface area (TPSA) is 56.3 Å². The SMILES string of the molecule is COCCNCc1nnc(Oc2cc(Cl)c(Cl)cc2Cl)s1. The lowest BCUT2D eigenvalue weighted by Gasteiger charge is -2.05. The average molecular weight is 369 g/mol. The smallest absolute Gasteiger partial charge is 0.299 e. The van der Waals surface area contributed by atoms with Crippen molar-refractivity contribution in [2.45, 2.75) is 6.54 Å². The summed E-state index contributed by atoms with van der Waals surface area (Å²) in [5.41, 5.74) is 0. The van der Waals surface area contributed by atoms with Crippen LogP contribution in [-0.4, -0.2) is 30.5 Å². The minimum Gasteiger partial charge on any atom is -0.428 e. The molecule has 1 heterocycles. The average Bonchev–Trinajstić information content (AvgIpc) is 2.89. The molecule has 1 aromatic carbocycles. The predicted octanol–water partition coefficient (Wildman–Crippen LogP) is 4.03. The second kappa shape index (κ2) is 8.12. The molecule has 2 rings (SSSR count). The van der Waals surface area contributed by atoms with E-state index >= 15 is 0 Å². The van der Waals surface area contributed by atoms with Crippen molar-refractivity contribution in [2.75, 3.05) is 20.3 Å². The predicted molar refractivity (Wildman–Crippen MR) is 85.0 cm³/mol. The zero-order valence-electron chi connectivity index (χ0n) is 11.0. The number of methoxy groups -OCH3 is 1. The van der Waals surface area contributed by atoms with Gasteiger partial charge in [0.25, 0.3) is 5.19 Å². The lowest BCUT2D eigenvalue weighted by atomic mass is 10.3. The number of nitrogens with one attached hydrogen (secondary N) is 1. The second-order valence-electron chi connectivity index (χ2n) is 3.93. The van der Waals surface area contributed by atoms with Crippen molar-refractivity contribution in [1.82, 2.24) is 15.5 Å². The van der Waals surface area contributed by atoms with Gasteiger partial charge in [-0.05, 0) is 6.07 Å². The molecule has 5 nitrogen and oxygen atoms in total. The molecule has 21 heavy (non-hydrogen) atoms. The van der Waals surface area contributed by atoms with Crippen LogP contribution >= 0.6 is 46.1 Å². The van der Waals surface area contributed by atoms with Crippen molar-refractivity contribution in [3.8, 4) is 10.9 Å². The van der Waals surface area contributed by atoms with Crippen LogP contribution in [-0.2, 0) is 11.3 Å². The van der Waals surface area contributed by atoms with Gasteiger partial charge in [-0.1, -0.05) is 51.2 Å². The Balaban J connectivity index is 1.97. The Hall–Kier alpha value is -0.630. The van der Waals surface area contributed by atoms with Crippen molar-refractivity contribution in [1.29, 1.82) is 0 Å². The van der Waals surface area contributed by atoms with Crippen LogP contribution in [0, 0.1) is 0 Å². The number of hydrogen-bond donors (Lipinski definition) is 1. The lowest BCUT2D eigenvalue weighted by molar-refractivity contribution is 0.199. The summed E-state index contributed by atoms with van der Waals surface area (Å²) in [4.78, 5) is 0. The molecular weight excluding hydrogens is 357 g/mol. The molecule has 1 aromatic heterocycles. The van der Waals surface area contributed by atoms with Gasteiger partial charge in [-0.2, -0.15) is 0 Å². The van der Waals surface area contributed by atoms with Gasteiger partial charge < -0.3 is 14.8 Å². The van der Waals surface area contributed by atoms with E-state index in [4.69, 9.17) is 44.3 Å². The van der Waals surface area contributed by atoms with E-state index in [0.717, 1.165) is 11.6 Å². The minimum absolute atomic E-state index is 0.361. The number of benzene rings is 1. The number of ether oxygens (including phenoxy) is 2. The van der Waals surface area contributed by atoms with E-state index in [1.54, 1.807) is 13.2 Å². The Morgan fingerprint density at radius 2 is 1.90 bits per heavy atom. The van der Waals surface area contributed by atoms with Crippen LogP contribution in [0.2, 0.25) is 15.1 Å². The van der Waals surface area contributed by atoms with Crippen LogP contribution in [0.5, 0.6) is 10.9 Å². The largest absolute Gasteiger partial charge is 0.428 e. The van der Waals surface area contributed by atoms with Crippen LogP contribution < -0.4 is 10.1 Å². The van der Waals surface area contributed by atoms with Crippen LogP contribution in [0.25, 0.3) is 0 Å².